The Bertz CT molecular complexity index is 400. The van der Waals surface area contributed by atoms with Crippen molar-refractivity contribution in [2.75, 3.05) is 13.1 Å². The fourth-order valence-corrected chi connectivity index (χ4v) is 3.22. The van der Waals surface area contributed by atoms with Gasteiger partial charge < -0.3 is 10.6 Å². The van der Waals surface area contributed by atoms with E-state index < -0.39 is 0 Å². The number of thiophene rings is 1. The van der Waals surface area contributed by atoms with Crippen molar-refractivity contribution < 1.29 is 4.79 Å². The third-order valence-electron chi connectivity index (χ3n) is 3.50. The summed E-state index contributed by atoms with van der Waals surface area (Å²) in [5.74, 6) is 0.505. The molecule has 0 radical (unpaired) electrons. The zero-order chi connectivity index (χ0) is 12.4. The summed E-state index contributed by atoms with van der Waals surface area (Å²) in [6, 6.07) is 2.13. The number of fused-ring (bicyclic) bond motifs is 1. The second kappa shape index (κ2) is 5.19. The quantitative estimate of drug-likeness (QED) is 0.892. The number of nitrogens with two attached hydrogens (primary N) is 1. The lowest BCUT2D eigenvalue weighted by atomic mass is 9.93. The van der Waals surface area contributed by atoms with E-state index >= 15 is 0 Å². The van der Waals surface area contributed by atoms with Gasteiger partial charge in [0.05, 0.1) is 5.92 Å². The van der Waals surface area contributed by atoms with Crippen LogP contribution >= 0.6 is 11.3 Å². The van der Waals surface area contributed by atoms with Crippen LogP contribution < -0.4 is 5.73 Å². The van der Waals surface area contributed by atoms with Gasteiger partial charge in [-0.15, -0.1) is 11.3 Å². The predicted octanol–water partition coefficient (Wildman–Crippen LogP) is 1.86. The fourth-order valence-electron chi connectivity index (χ4n) is 2.33. The zero-order valence-electron chi connectivity index (χ0n) is 10.5. The molecule has 2 rings (SSSR count). The molecule has 17 heavy (non-hydrogen) atoms. The molecule has 0 aliphatic carbocycles. The van der Waals surface area contributed by atoms with Crippen LogP contribution in [-0.4, -0.2) is 23.9 Å². The summed E-state index contributed by atoms with van der Waals surface area (Å²) in [4.78, 5) is 15.7. The Morgan fingerprint density at radius 1 is 1.59 bits per heavy atom. The SMILES string of the molecule is CC(C)C(CN)C(=O)N1CCc2sccc2C1. The summed E-state index contributed by atoms with van der Waals surface area (Å²) in [7, 11) is 0. The van der Waals surface area contributed by atoms with E-state index in [4.69, 9.17) is 5.73 Å². The van der Waals surface area contributed by atoms with Gasteiger partial charge >= 0.3 is 0 Å². The summed E-state index contributed by atoms with van der Waals surface area (Å²) in [6.07, 6.45) is 0.994. The first kappa shape index (κ1) is 12.6. The van der Waals surface area contributed by atoms with Crippen LogP contribution in [0, 0.1) is 11.8 Å². The average molecular weight is 252 g/mol. The molecule has 2 N–H and O–H groups in total. The van der Waals surface area contributed by atoms with Gasteiger partial charge in [0, 0.05) is 24.5 Å². The Kier molecular flexibility index (Phi) is 3.84. The number of amides is 1. The van der Waals surface area contributed by atoms with Crippen LogP contribution in [0.1, 0.15) is 24.3 Å². The Morgan fingerprint density at radius 2 is 2.35 bits per heavy atom. The predicted molar refractivity (Wildman–Crippen MR) is 70.8 cm³/mol. The van der Waals surface area contributed by atoms with Gasteiger partial charge in [0.1, 0.15) is 0 Å². The molecule has 0 bridgehead atoms. The van der Waals surface area contributed by atoms with Crippen molar-refractivity contribution in [1.29, 1.82) is 0 Å². The number of carbonyl (C=O) groups excluding carboxylic acids is 1. The number of hydrogen-bond acceptors (Lipinski definition) is 3. The second-order valence-corrected chi connectivity index (χ2v) is 5.97. The maximum Gasteiger partial charge on any atom is 0.227 e. The molecule has 1 aromatic rings. The highest BCUT2D eigenvalue weighted by Crippen LogP contribution is 2.25. The van der Waals surface area contributed by atoms with Crippen molar-refractivity contribution >= 4 is 17.2 Å². The molecular weight excluding hydrogens is 232 g/mol. The highest BCUT2D eigenvalue weighted by atomic mass is 32.1. The maximum atomic E-state index is 12.4. The third kappa shape index (κ3) is 2.53. The van der Waals surface area contributed by atoms with Crippen molar-refractivity contribution in [3.8, 4) is 0 Å². The van der Waals surface area contributed by atoms with E-state index in [0.29, 0.717) is 12.5 Å². The van der Waals surface area contributed by atoms with Gasteiger partial charge in [-0.2, -0.15) is 0 Å². The van der Waals surface area contributed by atoms with Gasteiger partial charge in [-0.1, -0.05) is 13.8 Å². The van der Waals surface area contributed by atoms with Crippen molar-refractivity contribution in [3.63, 3.8) is 0 Å². The Labute approximate surface area is 107 Å². The van der Waals surface area contributed by atoms with Crippen LogP contribution in [0.3, 0.4) is 0 Å². The van der Waals surface area contributed by atoms with E-state index in [-0.39, 0.29) is 11.8 Å². The summed E-state index contributed by atoms with van der Waals surface area (Å²) in [5.41, 5.74) is 7.02. The van der Waals surface area contributed by atoms with E-state index in [9.17, 15) is 4.79 Å². The lowest BCUT2D eigenvalue weighted by molar-refractivity contribution is -0.137. The van der Waals surface area contributed by atoms with E-state index in [0.717, 1.165) is 19.5 Å². The van der Waals surface area contributed by atoms with Gasteiger partial charge in [-0.25, -0.2) is 0 Å². The first-order chi connectivity index (χ1) is 8.13. The van der Waals surface area contributed by atoms with Crippen LogP contribution in [0.15, 0.2) is 11.4 Å². The number of rotatable bonds is 3. The van der Waals surface area contributed by atoms with Crippen molar-refractivity contribution in [1.82, 2.24) is 4.90 Å². The molecule has 1 aliphatic rings. The minimum Gasteiger partial charge on any atom is -0.338 e. The monoisotopic (exact) mass is 252 g/mol. The molecule has 4 heteroatoms. The summed E-state index contributed by atoms with van der Waals surface area (Å²) >= 11 is 1.80. The van der Waals surface area contributed by atoms with Crippen LogP contribution in [-0.2, 0) is 17.8 Å². The van der Waals surface area contributed by atoms with Gasteiger partial charge in [0.15, 0.2) is 0 Å². The maximum absolute atomic E-state index is 12.4. The zero-order valence-corrected chi connectivity index (χ0v) is 11.3. The van der Waals surface area contributed by atoms with Crippen LogP contribution in [0.25, 0.3) is 0 Å². The Morgan fingerprint density at radius 3 is 3.00 bits per heavy atom. The standard InChI is InChI=1S/C13H20N2OS/c1-9(2)11(7-14)13(16)15-5-3-12-10(8-15)4-6-17-12/h4,6,9,11H,3,5,7-8,14H2,1-2H3. The molecule has 0 fully saturated rings. The van der Waals surface area contributed by atoms with Crippen LogP contribution in [0.4, 0.5) is 0 Å². The Hall–Kier alpha value is -0.870. The molecule has 0 spiro atoms. The minimum atomic E-state index is -0.0322. The van der Waals surface area contributed by atoms with Gasteiger partial charge in [-0.05, 0) is 29.3 Å². The van der Waals surface area contributed by atoms with Gasteiger partial charge in [0.2, 0.25) is 5.91 Å². The van der Waals surface area contributed by atoms with Crippen molar-refractivity contribution in [2.24, 2.45) is 17.6 Å². The summed E-state index contributed by atoms with van der Waals surface area (Å²) in [6.45, 7) is 6.19. The first-order valence-corrected chi connectivity index (χ1v) is 7.05. The number of nitrogens with zero attached hydrogens (tertiary/aromatic N) is 1. The summed E-state index contributed by atoms with van der Waals surface area (Å²) in [5, 5.41) is 2.11. The van der Waals surface area contributed by atoms with E-state index in [1.54, 1.807) is 11.3 Å². The normalized spacial score (nSPS) is 17.1. The average Bonchev–Trinajstić information content (AvgIpc) is 2.75. The molecule has 0 saturated heterocycles. The van der Waals surface area contributed by atoms with Crippen molar-refractivity contribution in [3.05, 3.63) is 21.9 Å². The topological polar surface area (TPSA) is 46.3 Å². The van der Waals surface area contributed by atoms with E-state index in [1.807, 2.05) is 4.90 Å². The minimum absolute atomic E-state index is 0.0322. The second-order valence-electron chi connectivity index (χ2n) is 4.97. The number of hydrogen-bond donors (Lipinski definition) is 1. The molecule has 3 nitrogen and oxygen atoms in total. The molecule has 1 unspecified atom stereocenters. The molecule has 94 valence electrons. The van der Waals surface area contributed by atoms with E-state index in [1.165, 1.54) is 10.4 Å². The van der Waals surface area contributed by atoms with Gasteiger partial charge in [-0.3, -0.25) is 4.79 Å². The third-order valence-corrected chi connectivity index (χ3v) is 4.52. The molecule has 1 aromatic heterocycles. The highest BCUT2D eigenvalue weighted by molar-refractivity contribution is 7.10. The molecular formula is C13H20N2OS. The first-order valence-electron chi connectivity index (χ1n) is 6.17. The summed E-state index contributed by atoms with van der Waals surface area (Å²) < 4.78 is 0. The van der Waals surface area contributed by atoms with Crippen molar-refractivity contribution in [2.45, 2.75) is 26.8 Å². The molecule has 0 saturated carbocycles. The van der Waals surface area contributed by atoms with E-state index in [2.05, 4.69) is 25.3 Å². The van der Waals surface area contributed by atoms with Crippen LogP contribution in [0.2, 0.25) is 0 Å². The largest absolute Gasteiger partial charge is 0.338 e. The lowest BCUT2D eigenvalue weighted by Gasteiger charge is -2.31. The van der Waals surface area contributed by atoms with Crippen LogP contribution in [0.5, 0.6) is 0 Å². The Balaban J connectivity index is 2.07. The molecule has 1 amide bonds. The van der Waals surface area contributed by atoms with Gasteiger partial charge in [0.25, 0.3) is 0 Å². The molecule has 1 atom stereocenters. The molecule has 0 aromatic carbocycles. The lowest BCUT2D eigenvalue weighted by Crippen LogP contribution is -2.43. The smallest absolute Gasteiger partial charge is 0.227 e. The molecule has 1 aliphatic heterocycles. The highest BCUT2D eigenvalue weighted by Gasteiger charge is 2.28. The fraction of sp³-hybridized carbons (Fsp3) is 0.615. The number of carbonyl (C=O) groups is 1. The molecule has 2 heterocycles.